The summed E-state index contributed by atoms with van der Waals surface area (Å²) in [6.07, 6.45) is 0. The van der Waals surface area contributed by atoms with E-state index in [0.29, 0.717) is 0 Å². The average Bonchev–Trinajstić information content (AvgIpc) is 1.93. The van der Waals surface area contributed by atoms with Crippen molar-refractivity contribution in [1.29, 1.82) is 0 Å². The molecule has 0 aromatic rings. The van der Waals surface area contributed by atoms with E-state index in [0.717, 1.165) is 26.2 Å². The van der Waals surface area contributed by atoms with Crippen molar-refractivity contribution < 1.29 is 23.6 Å². The van der Waals surface area contributed by atoms with Crippen LogP contribution in [0, 0.1) is 0 Å². The first-order valence-electron chi connectivity index (χ1n) is 4.84. The Bertz CT molecular complexity index is 124. The molecule has 80 valence electrons. The van der Waals surface area contributed by atoms with E-state index in [1.54, 1.807) is 0 Å². The molecule has 0 aromatic carbocycles. The largest absolute Gasteiger partial charge is 1.00 e. The molecule has 0 bridgehead atoms. The van der Waals surface area contributed by atoms with Crippen LogP contribution < -0.4 is 18.9 Å². The maximum absolute atomic E-state index is 5.53. The molecule has 0 spiro atoms. The smallest absolute Gasteiger partial charge is 0.659 e. The van der Waals surface area contributed by atoms with E-state index >= 15 is 0 Å². The molecule has 0 aliphatic carbocycles. The van der Waals surface area contributed by atoms with E-state index in [9.17, 15) is 0 Å². The van der Waals surface area contributed by atoms with Crippen LogP contribution >= 0.6 is 0 Å². The fourth-order valence-electron chi connectivity index (χ4n) is 0.799. The molecule has 0 rings (SSSR count). The second-order valence-electron chi connectivity index (χ2n) is 4.43. The molecule has 0 unspecified atom stereocenters. The van der Waals surface area contributed by atoms with Crippen molar-refractivity contribution in [2.75, 3.05) is 40.3 Å². The summed E-state index contributed by atoms with van der Waals surface area (Å²) in [5, 5.41) is 4.35. The van der Waals surface area contributed by atoms with Crippen LogP contribution in [0.25, 0.3) is 5.32 Å². The van der Waals surface area contributed by atoms with Gasteiger partial charge in [0.25, 0.3) is 0 Å². The Morgan fingerprint density at radius 3 is 2.14 bits per heavy atom. The number of nitrogens with zero attached hydrogens (tertiary/aromatic N) is 2. The average molecular weight is 194 g/mol. The molecule has 0 atom stereocenters. The molecule has 0 fully saturated rings. The van der Waals surface area contributed by atoms with E-state index in [2.05, 4.69) is 45.1 Å². The molecule has 0 saturated heterocycles. The number of likely N-dealkylation sites (N-methyl/N-ethyl adjacent to an activating group) is 1. The zero-order chi connectivity index (χ0) is 10.3. The van der Waals surface area contributed by atoms with Crippen LogP contribution in [-0.2, 0) is 4.74 Å². The second kappa shape index (κ2) is 8.76. The Morgan fingerprint density at radius 1 is 1.14 bits per heavy atom. The summed E-state index contributed by atoms with van der Waals surface area (Å²) in [5.41, 5.74) is -0.0307. The number of hydrogen-bond acceptors (Lipinski definition) is 2. The van der Waals surface area contributed by atoms with Gasteiger partial charge in [0, 0.05) is 6.61 Å². The molecule has 0 aliphatic rings. The first-order valence-corrected chi connectivity index (χ1v) is 4.84. The number of rotatable bonds is 6. The fourth-order valence-corrected chi connectivity index (χ4v) is 0.799. The van der Waals surface area contributed by atoms with Gasteiger partial charge in [-0.15, -0.1) is 13.1 Å². The van der Waals surface area contributed by atoms with Gasteiger partial charge in [-0.3, -0.25) is 0 Å². The summed E-state index contributed by atoms with van der Waals surface area (Å²) >= 11 is 0. The molecular weight excluding hydrogens is 171 g/mol. The van der Waals surface area contributed by atoms with Gasteiger partial charge in [0.05, 0.1) is 5.60 Å². The first-order chi connectivity index (χ1) is 5.92. The minimum Gasteiger partial charge on any atom is -0.659 e. The summed E-state index contributed by atoms with van der Waals surface area (Å²) in [7, 11) is 4.11. The predicted octanol–water partition coefficient (Wildman–Crippen LogP) is -1.26. The van der Waals surface area contributed by atoms with Crippen molar-refractivity contribution in [3.63, 3.8) is 0 Å². The van der Waals surface area contributed by atoms with Gasteiger partial charge in [-0.1, -0.05) is 0 Å². The summed E-state index contributed by atoms with van der Waals surface area (Å²) < 4.78 is 5.53. The molecule has 0 N–H and O–H groups in total. The molecule has 3 nitrogen and oxygen atoms in total. The molecule has 4 heteroatoms. The van der Waals surface area contributed by atoms with Gasteiger partial charge in [-0.25, -0.2) is 0 Å². The van der Waals surface area contributed by atoms with Gasteiger partial charge >= 0.3 is 18.9 Å². The Morgan fingerprint density at radius 2 is 1.71 bits per heavy atom. The third-order valence-electron chi connectivity index (χ3n) is 1.49. The first kappa shape index (κ1) is 16.9. The predicted molar refractivity (Wildman–Crippen MR) is 57.4 cm³/mol. The Kier molecular flexibility index (Phi) is 10.6. The van der Waals surface area contributed by atoms with E-state index in [1.807, 2.05) is 0 Å². The molecular formula is C10H23LiN2O. The molecule has 0 aromatic heterocycles. The Hall–Kier alpha value is 0.477. The molecule has 0 heterocycles. The quantitative estimate of drug-likeness (QED) is 0.390. The minimum atomic E-state index is -0.0307. The Labute approximate surface area is 101 Å². The van der Waals surface area contributed by atoms with E-state index in [4.69, 9.17) is 4.74 Å². The van der Waals surface area contributed by atoms with Gasteiger partial charge in [-0.05, 0) is 41.4 Å². The number of hydrogen-bond donors (Lipinski definition) is 0. The SMILES string of the molecule is CN(C)CC[N-]CCOC(C)(C)C.[Li+]. The van der Waals surface area contributed by atoms with Gasteiger partial charge in [-0.2, -0.15) is 0 Å². The summed E-state index contributed by atoms with van der Waals surface area (Å²) in [5.74, 6) is 0. The van der Waals surface area contributed by atoms with Gasteiger partial charge < -0.3 is 15.0 Å². The monoisotopic (exact) mass is 194 g/mol. The molecule has 0 radical (unpaired) electrons. The van der Waals surface area contributed by atoms with Crippen LogP contribution in [0.15, 0.2) is 0 Å². The number of ether oxygens (including phenoxy) is 1. The normalized spacial score (nSPS) is 11.6. The zero-order valence-corrected chi connectivity index (χ0v) is 10.6. The van der Waals surface area contributed by atoms with Gasteiger partial charge in [0.15, 0.2) is 0 Å². The third kappa shape index (κ3) is 15.0. The van der Waals surface area contributed by atoms with E-state index in [1.165, 1.54) is 0 Å². The molecule has 14 heavy (non-hydrogen) atoms. The van der Waals surface area contributed by atoms with E-state index in [-0.39, 0.29) is 24.5 Å². The van der Waals surface area contributed by atoms with Crippen molar-refractivity contribution in [2.24, 2.45) is 0 Å². The Balaban J connectivity index is 0. The van der Waals surface area contributed by atoms with Crippen molar-refractivity contribution >= 4 is 0 Å². The van der Waals surface area contributed by atoms with Crippen molar-refractivity contribution in [2.45, 2.75) is 26.4 Å². The summed E-state index contributed by atoms with van der Waals surface area (Å²) in [4.78, 5) is 2.13. The zero-order valence-electron chi connectivity index (χ0n) is 10.6. The maximum Gasteiger partial charge on any atom is 1.00 e. The van der Waals surface area contributed by atoms with Gasteiger partial charge in [0.2, 0.25) is 0 Å². The van der Waals surface area contributed by atoms with Crippen LogP contribution in [0.1, 0.15) is 20.8 Å². The molecule has 0 aliphatic heterocycles. The van der Waals surface area contributed by atoms with Crippen LogP contribution in [0.2, 0.25) is 0 Å². The van der Waals surface area contributed by atoms with Crippen LogP contribution in [0.5, 0.6) is 0 Å². The molecule has 0 saturated carbocycles. The standard InChI is InChI=1S/C10H23N2O.Li/c1-10(2,3)13-9-7-11-6-8-12(4)5;/h6-9H2,1-5H3;/q-1;+1. The minimum absolute atomic E-state index is 0. The van der Waals surface area contributed by atoms with Crippen LogP contribution in [-0.4, -0.2) is 50.8 Å². The fraction of sp³-hybridized carbons (Fsp3) is 1.00. The van der Waals surface area contributed by atoms with Crippen LogP contribution in [0.3, 0.4) is 0 Å². The topological polar surface area (TPSA) is 26.6 Å². The third-order valence-corrected chi connectivity index (χ3v) is 1.49. The van der Waals surface area contributed by atoms with Gasteiger partial charge in [0.1, 0.15) is 0 Å². The van der Waals surface area contributed by atoms with E-state index < -0.39 is 0 Å². The van der Waals surface area contributed by atoms with Crippen molar-refractivity contribution in [1.82, 2.24) is 4.90 Å². The van der Waals surface area contributed by atoms with Crippen molar-refractivity contribution in [3.05, 3.63) is 5.32 Å². The second-order valence-corrected chi connectivity index (χ2v) is 4.43. The van der Waals surface area contributed by atoms with Crippen LogP contribution in [0.4, 0.5) is 0 Å². The summed E-state index contributed by atoms with van der Waals surface area (Å²) in [6, 6.07) is 0. The molecule has 0 amide bonds. The summed E-state index contributed by atoms with van der Waals surface area (Å²) in [6.45, 7) is 9.66. The maximum atomic E-state index is 5.53. The van der Waals surface area contributed by atoms with Crippen molar-refractivity contribution in [3.8, 4) is 0 Å².